The van der Waals surface area contributed by atoms with Crippen molar-refractivity contribution < 1.29 is 38.1 Å². The number of hydrogen-bond acceptors (Lipinski definition) is 9. The number of para-hydroxylation sites is 1. The van der Waals surface area contributed by atoms with Crippen LogP contribution in [0.2, 0.25) is 0 Å². The van der Waals surface area contributed by atoms with Gasteiger partial charge >= 0.3 is 5.97 Å². The number of fused-ring (bicyclic) bond motifs is 1. The van der Waals surface area contributed by atoms with Crippen molar-refractivity contribution in [2.45, 2.75) is 38.0 Å². The average molecular weight is 612 g/mol. The molecular weight excluding hydrogens is 566 g/mol. The molecule has 1 aliphatic heterocycles. The SMILES string of the molecule is COCCOCCOCCOCCOC(=O)CC1CN(C(=O)CCCCCNC(=O)/C=C/c2cccnc2)c2ccccc21. The molecule has 0 spiro atoms. The van der Waals surface area contributed by atoms with Gasteiger partial charge in [-0.1, -0.05) is 30.7 Å². The zero-order chi connectivity index (χ0) is 31.2. The molecule has 1 aromatic carbocycles. The van der Waals surface area contributed by atoms with Crippen LogP contribution in [0, 0.1) is 0 Å². The fourth-order valence-corrected chi connectivity index (χ4v) is 4.69. The van der Waals surface area contributed by atoms with E-state index < -0.39 is 0 Å². The van der Waals surface area contributed by atoms with E-state index in [0.29, 0.717) is 59.2 Å². The van der Waals surface area contributed by atoms with Crippen LogP contribution in [0.1, 0.15) is 49.1 Å². The van der Waals surface area contributed by atoms with E-state index in [4.69, 9.17) is 23.7 Å². The van der Waals surface area contributed by atoms with Gasteiger partial charge in [-0.05, 0) is 42.2 Å². The number of pyridine rings is 1. The average Bonchev–Trinajstić information content (AvgIpc) is 3.40. The molecule has 1 unspecified atom stereocenters. The zero-order valence-electron chi connectivity index (χ0n) is 25.6. The maximum absolute atomic E-state index is 13.1. The number of esters is 1. The number of carbonyl (C=O) groups excluding carboxylic acids is 3. The Balaban J connectivity index is 1.26. The number of amides is 2. The Morgan fingerprint density at radius 3 is 2.36 bits per heavy atom. The molecule has 11 nitrogen and oxygen atoms in total. The third kappa shape index (κ3) is 13.3. The maximum atomic E-state index is 13.1. The molecule has 2 amide bonds. The normalized spacial score (nSPS) is 14.1. The monoisotopic (exact) mass is 611 g/mol. The number of carbonyl (C=O) groups is 3. The highest BCUT2D eigenvalue weighted by Crippen LogP contribution is 2.38. The number of anilines is 1. The van der Waals surface area contributed by atoms with Crippen LogP contribution in [0.4, 0.5) is 5.69 Å². The standard InChI is InChI=1S/C33H45N3O8/c1-40-16-17-41-18-19-42-20-21-43-22-23-44-33(39)24-28-26-36(30-10-5-4-9-29(28)30)32(38)11-3-2-6-15-35-31(37)13-12-27-8-7-14-34-25-27/h4-5,7-10,12-14,25,28H,2-3,6,11,15-24,26H2,1H3,(H,35,37)/b13-12+. The molecule has 240 valence electrons. The highest BCUT2D eigenvalue weighted by molar-refractivity contribution is 5.96. The first-order valence-electron chi connectivity index (χ1n) is 15.2. The second-order valence-corrected chi connectivity index (χ2v) is 10.2. The van der Waals surface area contributed by atoms with E-state index in [1.807, 2.05) is 36.4 Å². The van der Waals surface area contributed by atoms with E-state index in [2.05, 4.69) is 10.3 Å². The summed E-state index contributed by atoms with van der Waals surface area (Å²) >= 11 is 0. The van der Waals surface area contributed by atoms with E-state index in [1.165, 1.54) is 6.08 Å². The van der Waals surface area contributed by atoms with Crippen molar-refractivity contribution in [2.75, 3.05) is 78.0 Å². The molecule has 0 aliphatic carbocycles. The summed E-state index contributed by atoms with van der Waals surface area (Å²) in [7, 11) is 1.63. The van der Waals surface area contributed by atoms with Crippen molar-refractivity contribution in [2.24, 2.45) is 0 Å². The Hall–Kier alpha value is -3.64. The molecule has 1 aromatic heterocycles. The molecule has 0 saturated heterocycles. The van der Waals surface area contributed by atoms with Gasteiger partial charge in [-0.3, -0.25) is 19.4 Å². The summed E-state index contributed by atoms with van der Waals surface area (Å²) in [5.74, 6) is -0.548. The van der Waals surface area contributed by atoms with Gasteiger partial charge in [-0.15, -0.1) is 0 Å². The Labute approximate surface area is 259 Å². The van der Waals surface area contributed by atoms with E-state index in [0.717, 1.165) is 36.1 Å². The van der Waals surface area contributed by atoms with Crippen molar-refractivity contribution in [3.05, 3.63) is 66.0 Å². The van der Waals surface area contributed by atoms with Gasteiger partial charge in [-0.2, -0.15) is 0 Å². The Morgan fingerprint density at radius 2 is 1.64 bits per heavy atom. The Bertz CT molecular complexity index is 1160. The molecule has 1 aliphatic rings. The molecule has 1 N–H and O–H groups in total. The fourth-order valence-electron chi connectivity index (χ4n) is 4.69. The Morgan fingerprint density at radius 1 is 0.909 bits per heavy atom. The van der Waals surface area contributed by atoms with Crippen LogP contribution in [0.15, 0.2) is 54.9 Å². The molecule has 0 saturated carbocycles. The first kappa shape index (κ1) is 34.8. The second-order valence-electron chi connectivity index (χ2n) is 10.2. The quantitative estimate of drug-likeness (QED) is 0.121. The lowest BCUT2D eigenvalue weighted by molar-refractivity contribution is -0.145. The molecule has 11 heteroatoms. The third-order valence-electron chi connectivity index (χ3n) is 6.93. The minimum atomic E-state index is -0.315. The highest BCUT2D eigenvalue weighted by Gasteiger charge is 2.33. The minimum absolute atomic E-state index is 0.0360. The van der Waals surface area contributed by atoms with Gasteiger partial charge in [-0.25, -0.2) is 0 Å². The molecule has 1 atom stereocenters. The van der Waals surface area contributed by atoms with Crippen molar-refractivity contribution in [1.82, 2.24) is 10.3 Å². The summed E-state index contributed by atoms with van der Waals surface area (Å²) in [5.41, 5.74) is 2.71. The molecule has 3 rings (SSSR count). The van der Waals surface area contributed by atoms with Crippen molar-refractivity contribution >= 4 is 29.5 Å². The lowest BCUT2D eigenvalue weighted by atomic mass is 9.98. The van der Waals surface area contributed by atoms with Crippen LogP contribution in [0.25, 0.3) is 6.08 Å². The maximum Gasteiger partial charge on any atom is 0.306 e. The van der Waals surface area contributed by atoms with Gasteiger partial charge < -0.3 is 33.9 Å². The number of unbranched alkanes of at least 4 members (excludes halogenated alkanes) is 2. The highest BCUT2D eigenvalue weighted by atomic mass is 16.6. The van der Waals surface area contributed by atoms with E-state index >= 15 is 0 Å². The lowest BCUT2D eigenvalue weighted by Crippen LogP contribution is -2.30. The van der Waals surface area contributed by atoms with Crippen LogP contribution < -0.4 is 10.2 Å². The molecule has 0 bridgehead atoms. The van der Waals surface area contributed by atoms with Gasteiger partial charge in [0.1, 0.15) is 6.61 Å². The number of benzene rings is 1. The van der Waals surface area contributed by atoms with Gasteiger partial charge in [0, 0.05) is 56.7 Å². The van der Waals surface area contributed by atoms with Gasteiger partial charge in [0.25, 0.3) is 0 Å². The number of nitrogens with zero attached hydrogens (tertiary/aromatic N) is 2. The van der Waals surface area contributed by atoms with E-state index in [9.17, 15) is 14.4 Å². The second kappa shape index (κ2) is 21.1. The number of nitrogens with one attached hydrogen (secondary N) is 1. The lowest BCUT2D eigenvalue weighted by Gasteiger charge is -2.18. The Kier molecular flexibility index (Phi) is 16.7. The smallest absolute Gasteiger partial charge is 0.306 e. The van der Waals surface area contributed by atoms with Gasteiger partial charge in [0.05, 0.1) is 52.7 Å². The number of hydrogen-bond donors (Lipinski definition) is 1. The van der Waals surface area contributed by atoms with Crippen LogP contribution in [-0.2, 0) is 38.1 Å². The fraction of sp³-hybridized carbons (Fsp3) is 0.515. The summed E-state index contributed by atoms with van der Waals surface area (Å²) in [5, 5.41) is 2.87. The van der Waals surface area contributed by atoms with Crippen molar-refractivity contribution in [3.8, 4) is 0 Å². The summed E-state index contributed by atoms with van der Waals surface area (Å²) in [6.45, 7) is 4.38. The molecular formula is C33H45N3O8. The molecule has 2 heterocycles. The van der Waals surface area contributed by atoms with Crippen LogP contribution in [0.3, 0.4) is 0 Å². The zero-order valence-corrected chi connectivity index (χ0v) is 25.6. The number of rotatable bonds is 22. The van der Waals surface area contributed by atoms with E-state index in [1.54, 1.807) is 30.5 Å². The topological polar surface area (TPSA) is 126 Å². The van der Waals surface area contributed by atoms with Crippen molar-refractivity contribution in [1.29, 1.82) is 0 Å². The summed E-state index contributed by atoms with van der Waals surface area (Å²) in [6.07, 6.45) is 9.51. The summed E-state index contributed by atoms with van der Waals surface area (Å²) < 4.78 is 26.5. The van der Waals surface area contributed by atoms with Crippen LogP contribution >= 0.6 is 0 Å². The number of methoxy groups -OCH3 is 1. The summed E-state index contributed by atoms with van der Waals surface area (Å²) in [4.78, 5) is 43.4. The molecule has 44 heavy (non-hydrogen) atoms. The first-order chi connectivity index (χ1) is 21.6. The van der Waals surface area contributed by atoms with E-state index in [-0.39, 0.29) is 43.3 Å². The van der Waals surface area contributed by atoms with Crippen LogP contribution in [0.5, 0.6) is 0 Å². The number of aromatic nitrogens is 1. The molecule has 0 radical (unpaired) electrons. The predicted octanol–water partition coefficient (Wildman–Crippen LogP) is 3.53. The number of ether oxygens (including phenoxy) is 5. The van der Waals surface area contributed by atoms with Gasteiger partial charge in [0.2, 0.25) is 11.8 Å². The molecule has 0 fully saturated rings. The predicted molar refractivity (Wildman–Crippen MR) is 166 cm³/mol. The first-order valence-corrected chi connectivity index (χ1v) is 15.2. The minimum Gasteiger partial charge on any atom is -0.463 e. The summed E-state index contributed by atoms with van der Waals surface area (Å²) in [6, 6.07) is 11.4. The molecule has 2 aromatic rings. The third-order valence-corrected chi connectivity index (χ3v) is 6.93. The van der Waals surface area contributed by atoms with Crippen molar-refractivity contribution in [3.63, 3.8) is 0 Å². The van der Waals surface area contributed by atoms with Crippen LogP contribution in [-0.4, -0.2) is 95.8 Å². The van der Waals surface area contributed by atoms with Gasteiger partial charge in [0.15, 0.2) is 0 Å². The largest absolute Gasteiger partial charge is 0.463 e.